The fourth-order valence-electron chi connectivity index (χ4n) is 1.02. The summed E-state index contributed by atoms with van der Waals surface area (Å²) in [4.78, 5) is 9.99. The lowest BCUT2D eigenvalue weighted by molar-refractivity contribution is -0.383. The Hall–Kier alpha value is -1.69. The molecule has 0 saturated carbocycles. The minimum Gasteiger partial charge on any atom is -0.282 e. The molecule has 0 aromatic carbocycles. The summed E-state index contributed by atoms with van der Waals surface area (Å²) < 4.78 is 1.40. The average Bonchev–Trinajstić information content (AvgIpc) is 2.49. The number of hydrogen-bond donors (Lipinski definition) is 0. The first-order valence-corrected chi connectivity index (χ1v) is 3.69. The van der Waals surface area contributed by atoms with Crippen molar-refractivity contribution in [2.24, 2.45) is 0 Å². The molecule has 0 N–H and O–H groups in total. The Balaban J connectivity index is 2.84. The molecule has 7 heteroatoms. The van der Waals surface area contributed by atoms with E-state index in [2.05, 4.69) is 10.2 Å². The number of hydrogen-bond acceptors (Lipinski definition) is 4. The third-order valence-electron chi connectivity index (χ3n) is 1.54. The minimum atomic E-state index is -0.546. The molecule has 0 unspecified atom stereocenters. The lowest BCUT2D eigenvalue weighted by Gasteiger charge is -1.94. The second-order valence-corrected chi connectivity index (χ2v) is 2.80. The summed E-state index contributed by atoms with van der Waals surface area (Å²) >= 11 is 5.64. The molecule has 66 valence electrons. The van der Waals surface area contributed by atoms with Crippen LogP contribution in [0.2, 0.25) is 5.02 Å². The van der Waals surface area contributed by atoms with Crippen LogP contribution in [0.4, 0.5) is 5.69 Å². The Labute approximate surface area is 76.9 Å². The first kappa shape index (κ1) is 7.93. The van der Waals surface area contributed by atoms with Crippen molar-refractivity contribution in [3.05, 3.63) is 33.7 Å². The molecule has 0 amide bonds. The van der Waals surface area contributed by atoms with E-state index in [1.807, 2.05) is 0 Å². The number of pyridine rings is 1. The average molecular weight is 199 g/mol. The summed E-state index contributed by atoms with van der Waals surface area (Å²) in [7, 11) is 0. The van der Waals surface area contributed by atoms with Crippen LogP contribution in [-0.2, 0) is 0 Å². The molecule has 2 aromatic rings. The van der Waals surface area contributed by atoms with Crippen molar-refractivity contribution in [1.29, 1.82) is 0 Å². The van der Waals surface area contributed by atoms with Gasteiger partial charge in [0.1, 0.15) is 6.33 Å². The van der Waals surface area contributed by atoms with E-state index in [0.717, 1.165) is 0 Å². The highest BCUT2D eigenvalue weighted by atomic mass is 35.5. The van der Waals surface area contributed by atoms with E-state index in [0.29, 0.717) is 0 Å². The van der Waals surface area contributed by atoms with Crippen LogP contribution in [0.5, 0.6) is 0 Å². The predicted molar refractivity (Wildman–Crippen MR) is 44.7 cm³/mol. The maximum atomic E-state index is 10.5. The van der Waals surface area contributed by atoms with Gasteiger partial charge in [-0.05, 0) is 0 Å². The van der Waals surface area contributed by atoms with Crippen molar-refractivity contribution < 1.29 is 4.92 Å². The van der Waals surface area contributed by atoms with E-state index in [-0.39, 0.29) is 16.4 Å². The second kappa shape index (κ2) is 2.67. The highest BCUT2D eigenvalue weighted by Crippen LogP contribution is 2.21. The Morgan fingerprint density at radius 1 is 1.62 bits per heavy atom. The van der Waals surface area contributed by atoms with Gasteiger partial charge in [0.15, 0.2) is 0 Å². The lowest BCUT2D eigenvalue weighted by atomic mass is 10.4. The van der Waals surface area contributed by atoms with Gasteiger partial charge in [-0.1, -0.05) is 11.6 Å². The standard InChI is InChI=1S/C6H3ClN4O2/c7-4-1-5(11(12)13)6-9-8-3-10(6)2-4/h1-3H. The molecule has 0 atom stereocenters. The third kappa shape index (κ3) is 1.20. The van der Waals surface area contributed by atoms with Crippen LogP contribution < -0.4 is 0 Å². The lowest BCUT2D eigenvalue weighted by Crippen LogP contribution is -1.93. The van der Waals surface area contributed by atoms with E-state index < -0.39 is 4.92 Å². The predicted octanol–water partition coefficient (Wildman–Crippen LogP) is 1.29. The molecule has 13 heavy (non-hydrogen) atoms. The number of nitrogens with zero attached hydrogens (tertiary/aromatic N) is 4. The van der Waals surface area contributed by atoms with Gasteiger partial charge in [0.05, 0.1) is 9.95 Å². The molecule has 2 heterocycles. The summed E-state index contributed by atoms with van der Waals surface area (Å²) in [6, 6.07) is 1.24. The molecule has 2 aromatic heterocycles. The zero-order valence-corrected chi connectivity index (χ0v) is 6.97. The number of rotatable bonds is 1. The molecular weight excluding hydrogens is 196 g/mol. The van der Waals surface area contributed by atoms with Gasteiger partial charge < -0.3 is 0 Å². The molecule has 2 rings (SSSR count). The maximum Gasteiger partial charge on any atom is 0.315 e. The van der Waals surface area contributed by atoms with Gasteiger partial charge in [-0.25, -0.2) is 0 Å². The van der Waals surface area contributed by atoms with E-state index in [1.165, 1.54) is 23.0 Å². The van der Waals surface area contributed by atoms with Crippen LogP contribution in [0.3, 0.4) is 0 Å². The zero-order valence-electron chi connectivity index (χ0n) is 6.22. The largest absolute Gasteiger partial charge is 0.315 e. The number of halogens is 1. The van der Waals surface area contributed by atoms with Crippen molar-refractivity contribution in [3.63, 3.8) is 0 Å². The molecule has 0 aliphatic rings. The van der Waals surface area contributed by atoms with Gasteiger partial charge in [0, 0.05) is 12.3 Å². The quantitative estimate of drug-likeness (QED) is 0.511. The topological polar surface area (TPSA) is 73.3 Å². The molecule has 0 saturated heterocycles. The van der Waals surface area contributed by atoms with E-state index in [9.17, 15) is 10.1 Å². The normalized spacial score (nSPS) is 10.5. The van der Waals surface area contributed by atoms with Gasteiger partial charge in [0.25, 0.3) is 0 Å². The Morgan fingerprint density at radius 3 is 3.08 bits per heavy atom. The molecule has 0 fully saturated rings. The monoisotopic (exact) mass is 198 g/mol. The van der Waals surface area contributed by atoms with Crippen LogP contribution in [0.15, 0.2) is 18.6 Å². The van der Waals surface area contributed by atoms with Crippen LogP contribution >= 0.6 is 11.6 Å². The summed E-state index contributed by atoms with van der Waals surface area (Å²) in [5.74, 6) is 0. The van der Waals surface area contributed by atoms with E-state index >= 15 is 0 Å². The minimum absolute atomic E-state index is 0.148. The van der Waals surface area contributed by atoms with Crippen molar-refractivity contribution in [3.8, 4) is 0 Å². The Kier molecular flexibility index (Phi) is 1.63. The van der Waals surface area contributed by atoms with Gasteiger partial charge in [0.2, 0.25) is 5.65 Å². The van der Waals surface area contributed by atoms with Crippen LogP contribution in [-0.4, -0.2) is 19.5 Å². The van der Waals surface area contributed by atoms with Crippen molar-refractivity contribution in [1.82, 2.24) is 14.6 Å². The fourth-order valence-corrected chi connectivity index (χ4v) is 1.23. The van der Waals surface area contributed by atoms with E-state index in [4.69, 9.17) is 11.6 Å². The summed E-state index contributed by atoms with van der Waals surface area (Å²) in [5.41, 5.74) is 0.0411. The molecule has 6 nitrogen and oxygen atoms in total. The van der Waals surface area contributed by atoms with E-state index in [1.54, 1.807) is 0 Å². The maximum absolute atomic E-state index is 10.5. The summed E-state index contributed by atoms with van der Waals surface area (Å²) in [6.07, 6.45) is 2.86. The third-order valence-corrected chi connectivity index (χ3v) is 1.74. The molecule has 0 spiro atoms. The van der Waals surface area contributed by atoms with Gasteiger partial charge in [-0.3, -0.25) is 14.5 Å². The fraction of sp³-hybridized carbons (Fsp3) is 0. The molecule has 0 bridgehead atoms. The van der Waals surface area contributed by atoms with Gasteiger partial charge >= 0.3 is 5.69 Å². The molecule has 0 aliphatic carbocycles. The smallest absolute Gasteiger partial charge is 0.282 e. The number of fused-ring (bicyclic) bond motifs is 1. The molecule has 0 aliphatic heterocycles. The highest BCUT2D eigenvalue weighted by molar-refractivity contribution is 6.30. The summed E-state index contributed by atoms with van der Waals surface area (Å²) in [6.45, 7) is 0. The van der Waals surface area contributed by atoms with Crippen LogP contribution in [0.1, 0.15) is 0 Å². The first-order valence-electron chi connectivity index (χ1n) is 3.32. The van der Waals surface area contributed by atoms with Crippen LogP contribution in [0, 0.1) is 10.1 Å². The number of aromatic nitrogens is 3. The Bertz CT molecular complexity index is 480. The van der Waals surface area contributed by atoms with Crippen molar-refractivity contribution >= 4 is 22.9 Å². The Morgan fingerprint density at radius 2 is 2.38 bits per heavy atom. The van der Waals surface area contributed by atoms with Crippen LogP contribution in [0.25, 0.3) is 5.65 Å². The van der Waals surface area contributed by atoms with Crippen molar-refractivity contribution in [2.75, 3.05) is 0 Å². The molecular formula is C6H3ClN4O2. The van der Waals surface area contributed by atoms with Crippen molar-refractivity contribution in [2.45, 2.75) is 0 Å². The molecule has 0 radical (unpaired) electrons. The second-order valence-electron chi connectivity index (χ2n) is 2.36. The summed E-state index contributed by atoms with van der Waals surface area (Å²) in [5, 5.41) is 17.9. The highest BCUT2D eigenvalue weighted by Gasteiger charge is 2.15. The zero-order chi connectivity index (χ0) is 9.42. The van der Waals surface area contributed by atoms with Gasteiger partial charge in [-0.2, -0.15) is 0 Å². The number of nitro groups is 1. The van der Waals surface area contributed by atoms with Gasteiger partial charge in [-0.15, -0.1) is 10.2 Å². The SMILES string of the molecule is O=[N+]([O-])c1cc(Cl)cn2cnnc12. The first-order chi connectivity index (χ1) is 6.18.